The predicted octanol–water partition coefficient (Wildman–Crippen LogP) is 2.01. The van der Waals surface area contributed by atoms with Crippen molar-refractivity contribution < 1.29 is 0 Å². The van der Waals surface area contributed by atoms with Crippen molar-refractivity contribution in [2.24, 2.45) is 11.8 Å². The van der Waals surface area contributed by atoms with Gasteiger partial charge in [0.15, 0.2) is 0 Å². The summed E-state index contributed by atoms with van der Waals surface area (Å²) < 4.78 is 0. The Kier molecular flexibility index (Phi) is 2.06. The van der Waals surface area contributed by atoms with Crippen LogP contribution < -0.4 is 5.32 Å². The SMILES string of the molecule is c1ccc2c(c1)CC(C1CCNC1)C2. The zero-order valence-electron chi connectivity index (χ0n) is 8.50. The van der Waals surface area contributed by atoms with Gasteiger partial charge in [-0.25, -0.2) is 0 Å². The van der Waals surface area contributed by atoms with Crippen molar-refractivity contribution in [1.82, 2.24) is 5.32 Å². The molecule has 14 heavy (non-hydrogen) atoms. The first kappa shape index (κ1) is 8.49. The number of hydrogen-bond acceptors (Lipinski definition) is 1. The summed E-state index contributed by atoms with van der Waals surface area (Å²) in [7, 11) is 0. The van der Waals surface area contributed by atoms with Gasteiger partial charge in [-0.2, -0.15) is 0 Å². The van der Waals surface area contributed by atoms with E-state index < -0.39 is 0 Å². The molecule has 1 atom stereocenters. The molecule has 0 spiro atoms. The average Bonchev–Trinajstić information content (AvgIpc) is 2.86. The maximum Gasteiger partial charge on any atom is -0.00172 e. The molecular weight excluding hydrogens is 170 g/mol. The van der Waals surface area contributed by atoms with Crippen molar-refractivity contribution in [3.8, 4) is 0 Å². The minimum absolute atomic E-state index is 0.919. The molecule has 1 unspecified atom stereocenters. The van der Waals surface area contributed by atoms with Crippen molar-refractivity contribution in [2.45, 2.75) is 19.3 Å². The Balaban J connectivity index is 1.77. The molecule has 1 aromatic rings. The third kappa shape index (κ3) is 1.36. The van der Waals surface area contributed by atoms with E-state index in [2.05, 4.69) is 29.6 Å². The molecule has 1 heteroatoms. The molecule has 2 aliphatic rings. The van der Waals surface area contributed by atoms with E-state index in [4.69, 9.17) is 0 Å². The van der Waals surface area contributed by atoms with E-state index in [9.17, 15) is 0 Å². The lowest BCUT2D eigenvalue weighted by Crippen LogP contribution is -2.18. The van der Waals surface area contributed by atoms with E-state index in [1.165, 1.54) is 32.4 Å². The van der Waals surface area contributed by atoms with Crippen molar-refractivity contribution in [3.05, 3.63) is 35.4 Å². The summed E-state index contributed by atoms with van der Waals surface area (Å²) in [5, 5.41) is 3.48. The van der Waals surface area contributed by atoms with Gasteiger partial charge in [-0.1, -0.05) is 24.3 Å². The molecule has 0 amide bonds. The molecule has 1 aliphatic heterocycles. The monoisotopic (exact) mass is 187 g/mol. The predicted molar refractivity (Wildman–Crippen MR) is 58.3 cm³/mol. The van der Waals surface area contributed by atoms with Crippen LogP contribution >= 0.6 is 0 Å². The van der Waals surface area contributed by atoms with Crippen LogP contribution in [0.3, 0.4) is 0 Å². The van der Waals surface area contributed by atoms with Crippen LogP contribution in [-0.2, 0) is 12.8 Å². The van der Waals surface area contributed by atoms with Crippen molar-refractivity contribution in [1.29, 1.82) is 0 Å². The van der Waals surface area contributed by atoms with Crippen LogP contribution in [0.2, 0.25) is 0 Å². The van der Waals surface area contributed by atoms with Crippen molar-refractivity contribution in [2.75, 3.05) is 13.1 Å². The summed E-state index contributed by atoms with van der Waals surface area (Å²) in [4.78, 5) is 0. The zero-order chi connectivity index (χ0) is 9.38. The van der Waals surface area contributed by atoms with Crippen LogP contribution in [0.1, 0.15) is 17.5 Å². The smallest absolute Gasteiger partial charge is 0.00172 e. The second kappa shape index (κ2) is 3.39. The van der Waals surface area contributed by atoms with E-state index in [1.54, 1.807) is 11.1 Å². The lowest BCUT2D eigenvalue weighted by molar-refractivity contribution is 0.373. The summed E-state index contributed by atoms with van der Waals surface area (Å²) in [5.41, 5.74) is 3.20. The molecular formula is C13H17N. The molecule has 1 N–H and O–H groups in total. The summed E-state index contributed by atoms with van der Waals surface area (Å²) in [5.74, 6) is 1.85. The quantitative estimate of drug-likeness (QED) is 0.709. The normalized spacial score (nSPS) is 26.7. The van der Waals surface area contributed by atoms with E-state index in [-0.39, 0.29) is 0 Å². The highest BCUT2D eigenvalue weighted by Gasteiger charge is 2.29. The van der Waals surface area contributed by atoms with Gasteiger partial charge in [-0.15, -0.1) is 0 Å². The molecule has 1 aliphatic carbocycles. The summed E-state index contributed by atoms with van der Waals surface area (Å²) in [6, 6.07) is 8.96. The molecule has 1 saturated heterocycles. The van der Waals surface area contributed by atoms with Gasteiger partial charge >= 0.3 is 0 Å². The number of nitrogens with one attached hydrogen (secondary N) is 1. The van der Waals surface area contributed by atoms with Crippen molar-refractivity contribution >= 4 is 0 Å². The van der Waals surface area contributed by atoms with Crippen LogP contribution in [0.25, 0.3) is 0 Å². The Labute approximate surface area is 85.5 Å². The molecule has 0 radical (unpaired) electrons. The van der Waals surface area contributed by atoms with Crippen molar-refractivity contribution in [3.63, 3.8) is 0 Å². The molecule has 3 rings (SSSR count). The fraction of sp³-hybridized carbons (Fsp3) is 0.538. The molecule has 1 heterocycles. The molecule has 1 fully saturated rings. The molecule has 0 aromatic heterocycles. The van der Waals surface area contributed by atoms with Gasteiger partial charge in [0, 0.05) is 0 Å². The summed E-state index contributed by atoms with van der Waals surface area (Å²) in [6.45, 7) is 2.48. The Bertz CT molecular complexity index is 301. The zero-order valence-corrected chi connectivity index (χ0v) is 8.50. The highest BCUT2D eigenvalue weighted by atomic mass is 14.9. The standard InChI is InChI=1S/C13H17N/c1-2-4-11-8-13(7-10(11)3-1)12-5-6-14-9-12/h1-4,12-14H,5-9H2. The fourth-order valence-corrected chi connectivity index (χ4v) is 3.01. The highest BCUT2D eigenvalue weighted by Crippen LogP contribution is 2.33. The molecule has 74 valence electrons. The highest BCUT2D eigenvalue weighted by molar-refractivity contribution is 5.32. The molecule has 0 saturated carbocycles. The molecule has 1 aromatic carbocycles. The Morgan fingerprint density at radius 3 is 2.29 bits per heavy atom. The molecule has 0 bridgehead atoms. The van der Waals surface area contributed by atoms with Crippen LogP contribution in [0.5, 0.6) is 0 Å². The van der Waals surface area contributed by atoms with E-state index in [0.29, 0.717) is 0 Å². The maximum atomic E-state index is 3.48. The minimum atomic E-state index is 0.919. The summed E-state index contributed by atoms with van der Waals surface area (Å²) in [6.07, 6.45) is 4.03. The van der Waals surface area contributed by atoms with Gasteiger partial charge in [0.05, 0.1) is 0 Å². The lowest BCUT2D eigenvalue weighted by atomic mass is 9.89. The second-order valence-electron chi connectivity index (χ2n) is 4.69. The number of hydrogen-bond donors (Lipinski definition) is 1. The lowest BCUT2D eigenvalue weighted by Gasteiger charge is -2.16. The topological polar surface area (TPSA) is 12.0 Å². The maximum absolute atomic E-state index is 3.48. The number of rotatable bonds is 1. The van der Waals surface area contributed by atoms with Gasteiger partial charge in [0.2, 0.25) is 0 Å². The minimum Gasteiger partial charge on any atom is -0.316 e. The van der Waals surface area contributed by atoms with Gasteiger partial charge < -0.3 is 5.32 Å². The third-order valence-electron chi connectivity index (χ3n) is 3.85. The van der Waals surface area contributed by atoms with E-state index in [1.807, 2.05) is 0 Å². The summed E-state index contributed by atoms with van der Waals surface area (Å²) >= 11 is 0. The van der Waals surface area contributed by atoms with Gasteiger partial charge in [0.25, 0.3) is 0 Å². The van der Waals surface area contributed by atoms with Gasteiger partial charge in [-0.05, 0) is 55.3 Å². The Morgan fingerprint density at radius 1 is 1.00 bits per heavy atom. The number of benzene rings is 1. The van der Waals surface area contributed by atoms with Gasteiger partial charge in [-0.3, -0.25) is 0 Å². The van der Waals surface area contributed by atoms with Crippen LogP contribution in [0, 0.1) is 11.8 Å². The van der Waals surface area contributed by atoms with E-state index >= 15 is 0 Å². The fourth-order valence-electron chi connectivity index (χ4n) is 3.01. The van der Waals surface area contributed by atoms with Crippen LogP contribution in [-0.4, -0.2) is 13.1 Å². The first-order valence-electron chi connectivity index (χ1n) is 5.71. The molecule has 1 nitrogen and oxygen atoms in total. The Morgan fingerprint density at radius 2 is 1.71 bits per heavy atom. The van der Waals surface area contributed by atoms with Crippen LogP contribution in [0.15, 0.2) is 24.3 Å². The third-order valence-corrected chi connectivity index (χ3v) is 3.85. The van der Waals surface area contributed by atoms with Crippen LogP contribution in [0.4, 0.5) is 0 Å². The first-order valence-corrected chi connectivity index (χ1v) is 5.71. The first-order chi connectivity index (χ1) is 6.93. The van der Waals surface area contributed by atoms with E-state index in [0.717, 1.165) is 11.8 Å². The van der Waals surface area contributed by atoms with Gasteiger partial charge in [0.1, 0.15) is 0 Å². The average molecular weight is 187 g/mol. The Hall–Kier alpha value is -0.820. The number of fused-ring (bicyclic) bond motifs is 1. The second-order valence-corrected chi connectivity index (χ2v) is 4.69. The largest absolute Gasteiger partial charge is 0.316 e.